The first kappa shape index (κ1) is 18.9. The average molecular weight is 389 g/mol. The first-order valence-corrected chi connectivity index (χ1v) is 9.82. The number of para-hydroxylation sites is 1. The molecule has 1 aliphatic rings. The van der Waals surface area contributed by atoms with E-state index >= 15 is 0 Å². The molecule has 142 valence electrons. The Kier molecular flexibility index (Phi) is 5.18. The molecule has 0 saturated heterocycles. The highest BCUT2D eigenvalue weighted by atomic mass is 32.2. The molecule has 0 saturated carbocycles. The molecule has 0 amide bonds. The maximum Gasteiger partial charge on any atom is 0.445 e. The molecule has 7 nitrogen and oxygen atoms in total. The lowest BCUT2D eigenvalue weighted by atomic mass is 9.88. The van der Waals surface area contributed by atoms with Crippen molar-refractivity contribution in [1.29, 1.82) is 0 Å². The van der Waals surface area contributed by atoms with Gasteiger partial charge in [-0.2, -0.15) is 8.42 Å². The smallest absolute Gasteiger partial charge is 0.445 e. The van der Waals surface area contributed by atoms with Gasteiger partial charge in [0.1, 0.15) is 6.61 Å². The topological polar surface area (TPSA) is 101 Å². The van der Waals surface area contributed by atoms with Crippen LogP contribution in [-0.4, -0.2) is 30.8 Å². The number of rotatable bonds is 4. The summed E-state index contributed by atoms with van der Waals surface area (Å²) in [5, 5.41) is 8.07. The van der Waals surface area contributed by atoms with Crippen LogP contribution in [0.4, 0.5) is 10.5 Å². The number of carboxylic acid groups (broad SMARTS) is 1. The first-order chi connectivity index (χ1) is 12.8. The third kappa shape index (κ3) is 3.66. The van der Waals surface area contributed by atoms with Gasteiger partial charge in [-0.25, -0.2) is 4.79 Å². The zero-order chi connectivity index (χ0) is 19.6. The summed E-state index contributed by atoms with van der Waals surface area (Å²) in [4.78, 5) is 24.0. The molecule has 0 spiro atoms. The van der Waals surface area contributed by atoms with Crippen LogP contribution in [0.25, 0.3) is 0 Å². The standard InChI is InChI=1S/C19H19NO6S/c1-13-16(18(21)22)11-15-9-5-6-10-17(15)20(13)27(24,25)19(23)26-12-14-7-3-2-4-8-14/h2-10,13,16H,11-12H2,1H3,(H,21,22)/t13-,16-/m1/s1. The maximum atomic E-state index is 12.9. The summed E-state index contributed by atoms with van der Waals surface area (Å²) in [6.07, 6.45) is 0.192. The van der Waals surface area contributed by atoms with Crippen LogP contribution in [0, 0.1) is 5.92 Å². The van der Waals surface area contributed by atoms with Crippen molar-refractivity contribution in [3.05, 3.63) is 65.7 Å². The van der Waals surface area contributed by atoms with Crippen molar-refractivity contribution in [3.8, 4) is 0 Å². The predicted molar refractivity (Wildman–Crippen MR) is 98.8 cm³/mol. The zero-order valence-corrected chi connectivity index (χ0v) is 15.4. The minimum Gasteiger partial charge on any atom is -0.481 e. The van der Waals surface area contributed by atoms with E-state index in [1.807, 2.05) is 0 Å². The number of carbonyl (C=O) groups is 2. The lowest BCUT2D eigenvalue weighted by Crippen LogP contribution is -2.51. The van der Waals surface area contributed by atoms with E-state index in [2.05, 4.69) is 0 Å². The maximum absolute atomic E-state index is 12.9. The monoisotopic (exact) mass is 389 g/mol. The fraction of sp³-hybridized carbons (Fsp3) is 0.263. The van der Waals surface area contributed by atoms with Gasteiger partial charge in [0.15, 0.2) is 0 Å². The Morgan fingerprint density at radius 1 is 1.11 bits per heavy atom. The lowest BCUT2D eigenvalue weighted by molar-refractivity contribution is -0.142. The molecular weight excluding hydrogens is 370 g/mol. The van der Waals surface area contributed by atoms with Crippen LogP contribution in [0.2, 0.25) is 0 Å². The van der Waals surface area contributed by atoms with Gasteiger partial charge in [0, 0.05) is 0 Å². The molecule has 0 fully saturated rings. The summed E-state index contributed by atoms with van der Waals surface area (Å²) in [5.41, 5.74) is 1.51. The number of carboxylic acids is 1. The third-order valence-corrected chi connectivity index (χ3v) is 6.19. The van der Waals surface area contributed by atoms with Gasteiger partial charge in [0.05, 0.1) is 17.6 Å². The molecule has 0 radical (unpaired) electrons. The van der Waals surface area contributed by atoms with Gasteiger partial charge in [0.2, 0.25) is 0 Å². The SMILES string of the molecule is C[C@@H]1[C@H](C(=O)O)Cc2ccccc2N1S(=O)(=O)C(=O)OCc1ccccc1. The molecule has 0 unspecified atom stereocenters. The van der Waals surface area contributed by atoms with Gasteiger partial charge in [-0.1, -0.05) is 48.5 Å². The van der Waals surface area contributed by atoms with Gasteiger partial charge >= 0.3 is 21.3 Å². The number of fused-ring (bicyclic) bond motifs is 1. The molecule has 2 atom stereocenters. The number of sulfonamides is 1. The molecule has 2 aromatic carbocycles. The number of hydrogen-bond donors (Lipinski definition) is 1. The Bertz CT molecular complexity index is 957. The van der Waals surface area contributed by atoms with Crippen LogP contribution in [0.15, 0.2) is 54.6 Å². The van der Waals surface area contributed by atoms with Crippen LogP contribution in [0.5, 0.6) is 0 Å². The molecule has 3 rings (SSSR count). The Morgan fingerprint density at radius 2 is 1.74 bits per heavy atom. The lowest BCUT2D eigenvalue weighted by Gasteiger charge is -2.38. The Balaban J connectivity index is 1.91. The highest BCUT2D eigenvalue weighted by Crippen LogP contribution is 2.36. The van der Waals surface area contributed by atoms with Crippen LogP contribution < -0.4 is 4.31 Å². The Labute approximate surface area is 157 Å². The second-order valence-electron chi connectivity index (χ2n) is 6.34. The number of nitrogens with zero attached hydrogens (tertiary/aromatic N) is 1. The zero-order valence-electron chi connectivity index (χ0n) is 14.6. The molecular formula is C19H19NO6S. The molecule has 1 N–H and O–H groups in total. The van der Waals surface area contributed by atoms with Crippen LogP contribution in [0.1, 0.15) is 18.1 Å². The second-order valence-corrected chi connectivity index (χ2v) is 8.02. The molecule has 1 heterocycles. The first-order valence-electron chi connectivity index (χ1n) is 8.38. The summed E-state index contributed by atoms with van der Waals surface area (Å²) in [7, 11) is -4.55. The number of anilines is 1. The van der Waals surface area contributed by atoms with Crippen LogP contribution >= 0.6 is 0 Å². The van der Waals surface area contributed by atoms with E-state index < -0.39 is 33.3 Å². The number of ether oxygens (including phenoxy) is 1. The van der Waals surface area contributed by atoms with Crippen molar-refractivity contribution in [2.45, 2.75) is 26.0 Å². The molecule has 8 heteroatoms. The van der Waals surface area contributed by atoms with Crippen LogP contribution in [-0.2, 0) is 32.6 Å². The minimum absolute atomic E-state index is 0.189. The van der Waals surface area contributed by atoms with E-state index in [0.717, 1.165) is 4.31 Å². The quantitative estimate of drug-likeness (QED) is 0.807. The summed E-state index contributed by atoms with van der Waals surface area (Å²) in [6, 6.07) is 14.3. The van der Waals surface area contributed by atoms with E-state index in [4.69, 9.17) is 4.74 Å². The van der Waals surface area contributed by atoms with Crippen molar-refractivity contribution in [2.24, 2.45) is 5.92 Å². The summed E-state index contributed by atoms with van der Waals surface area (Å²) in [6.45, 7) is 1.29. The average Bonchev–Trinajstić information content (AvgIpc) is 2.65. The fourth-order valence-corrected chi connectivity index (χ4v) is 4.59. The Hall–Kier alpha value is -2.87. The highest BCUT2D eigenvalue weighted by molar-refractivity contribution is 8.06. The third-order valence-electron chi connectivity index (χ3n) is 4.61. The molecule has 1 aliphatic heterocycles. The minimum atomic E-state index is -4.55. The molecule has 2 aromatic rings. The van der Waals surface area contributed by atoms with Gasteiger partial charge < -0.3 is 9.84 Å². The summed E-state index contributed by atoms with van der Waals surface area (Å²) >= 11 is 0. The molecule has 0 bridgehead atoms. The number of aliphatic carboxylic acids is 1. The van der Waals surface area contributed by atoms with Crippen LogP contribution in [0.3, 0.4) is 0 Å². The highest BCUT2D eigenvalue weighted by Gasteiger charge is 2.44. The predicted octanol–water partition coefficient (Wildman–Crippen LogP) is 2.81. The second kappa shape index (κ2) is 7.40. The van der Waals surface area contributed by atoms with Crippen molar-refractivity contribution in [3.63, 3.8) is 0 Å². The number of hydrogen-bond acceptors (Lipinski definition) is 5. The summed E-state index contributed by atoms with van der Waals surface area (Å²) in [5.74, 6) is -2.08. The molecule has 27 heavy (non-hydrogen) atoms. The normalized spacial score (nSPS) is 19.2. The molecule has 0 aliphatic carbocycles. The van der Waals surface area contributed by atoms with Gasteiger partial charge in [-0.3, -0.25) is 9.10 Å². The summed E-state index contributed by atoms with van der Waals surface area (Å²) < 4.78 is 31.7. The van der Waals surface area contributed by atoms with E-state index in [1.165, 1.54) is 6.92 Å². The van der Waals surface area contributed by atoms with Gasteiger partial charge in [0.25, 0.3) is 0 Å². The van der Waals surface area contributed by atoms with Gasteiger partial charge in [-0.15, -0.1) is 0 Å². The van der Waals surface area contributed by atoms with E-state index in [1.54, 1.807) is 54.6 Å². The van der Waals surface area contributed by atoms with E-state index in [9.17, 15) is 23.1 Å². The molecule has 0 aromatic heterocycles. The van der Waals surface area contributed by atoms with Crippen molar-refractivity contribution in [1.82, 2.24) is 0 Å². The van der Waals surface area contributed by atoms with Gasteiger partial charge in [-0.05, 0) is 30.5 Å². The van der Waals surface area contributed by atoms with Crippen molar-refractivity contribution in [2.75, 3.05) is 4.31 Å². The largest absolute Gasteiger partial charge is 0.481 e. The Morgan fingerprint density at radius 3 is 2.41 bits per heavy atom. The van der Waals surface area contributed by atoms with Crippen molar-refractivity contribution < 1.29 is 27.9 Å². The number of benzene rings is 2. The number of carbonyl (C=O) groups excluding carboxylic acids is 1. The fourth-order valence-electron chi connectivity index (χ4n) is 3.20. The van der Waals surface area contributed by atoms with Crippen molar-refractivity contribution >= 4 is 27.0 Å². The van der Waals surface area contributed by atoms with E-state index in [-0.39, 0.29) is 13.0 Å². The van der Waals surface area contributed by atoms with E-state index in [0.29, 0.717) is 16.8 Å².